The van der Waals surface area contributed by atoms with Gasteiger partial charge in [0.25, 0.3) is 10.1 Å². The van der Waals surface area contributed by atoms with Crippen LogP contribution >= 0.6 is 0 Å². The van der Waals surface area contributed by atoms with Gasteiger partial charge >= 0.3 is 5.97 Å². The second-order valence-electron chi connectivity index (χ2n) is 3.53. The highest BCUT2D eigenvalue weighted by atomic mass is 32.2. The van der Waals surface area contributed by atoms with E-state index in [9.17, 15) is 13.2 Å². The molecule has 1 aromatic rings. The maximum atomic E-state index is 10.9. The quantitative estimate of drug-likeness (QED) is 0.623. The van der Waals surface area contributed by atoms with E-state index in [0.29, 0.717) is 6.26 Å². The van der Waals surface area contributed by atoms with E-state index in [2.05, 4.69) is 4.74 Å². The predicted octanol–water partition coefficient (Wildman–Crippen LogP) is 0.753. The Morgan fingerprint density at radius 3 is 2.22 bits per heavy atom. The first kappa shape index (κ1) is 16.6. The molecule has 0 aliphatic carbocycles. The molecule has 6 nitrogen and oxygen atoms in total. The third-order valence-corrected chi connectivity index (χ3v) is 1.84. The van der Waals surface area contributed by atoms with Crippen LogP contribution in [0.2, 0.25) is 0 Å². The van der Waals surface area contributed by atoms with Gasteiger partial charge in [-0.05, 0) is 5.56 Å². The molecular weight excluding hydrogens is 258 g/mol. The van der Waals surface area contributed by atoms with E-state index in [-0.39, 0.29) is 18.4 Å². The summed E-state index contributed by atoms with van der Waals surface area (Å²) in [5, 5.41) is 0. The molecule has 1 rings (SSSR count). The summed E-state index contributed by atoms with van der Waals surface area (Å²) in [5.74, 6) is -0.281. The average molecular weight is 275 g/mol. The predicted molar refractivity (Wildman–Crippen MR) is 67.5 cm³/mol. The molecule has 1 atom stereocenters. The molecule has 7 heteroatoms. The summed E-state index contributed by atoms with van der Waals surface area (Å²) in [6.45, 7) is 0. The molecule has 0 amide bonds. The van der Waals surface area contributed by atoms with Crippen LogP contribution < -0.4 is 5.73 Å². The molecular formula is C11H17NO5S. The van der Waals surface area contributed by atoms with Crippen molar-refractivity contribution in [2.24, 2.45) is 5.73 Å². The van der Waals surface area contributed by atoms with E-state index in [1.54, 1.807) is 0 Å². The normalized spacial score (nSPS) is 12.0. The van der Waals surface area contributed by atoms with Crippen molar-refractivity contribution in [1.29, 1.82) is 0 Å². The molecule has 0 aliphatic heterocycles. The number of esters is 1. The second-order valence-corrected chi connectivity index (χ2v) is 5.00. The summed E-state index contributed by atoms with van der Waals surface area (Å²) in [7, 11) is -2.31. The first-order chi connectivity index (χ1) is 8.24. The van der Waals surface area contributed by atoms with Crippen LogP contribution in [0.15, 0.2) is 30.3 Å². The number of hydrogen-bond donors (Lipinski definition) is 2. The van der Waals surface area contributed by atoms with E-state index < -0.39 is 10.1 Å². The minimum Gasteiger partial charge on any atom is -0.469 e. The Morgan fingerprint density at radius 2 is 1.83 bits per heavy atom. The van der Waals surface area contributed by atoms with Crippen molar-refractivity contribution in [3.63, 3.8) is 0 Å². The molecule has 0 saturated carbocycles. The number of carbonyl (C=O) groups is 1. The summed E-state index contributed by atoms with van der Waals surface area (Å²) < 4.78 is 30.4. The molecule has 0 fully saturated rings. The van der Waals surface area contributed by atoms with Gasteiger partial charge in [-0.25, -0.2) is 0 Å². The third-order valence-electron chi connectivity index (χ3n) is 1.84. The fourth-order valence-electron chi connectivity index (χ4n) is 1.08. The molecule has 0 bridgehead atoms. The molecule has 0 aliphatic rings. The molecule has 0 radical (unpaired) electrons. The summed E-state index contributed by atoms with van der Waals surface area (Å²) in [5.41, 5.74) is 6.72. The van der Waals surface area contributed by atoms with E-state index in [0.717, 1.165) is 5.56 Å². The molecule has 3 N–H and O–H groups in total. The fraction of sp³-hybridized carbons (Fsp3) is 0.364. The molecule has 0 heterocycles. The molecule has 0 saturated heterocycles. The van der Waals surface area contributed by atoms with Crippen molar-refractivity contribution in [3.8, 4) is 0 Å². The summed E-state index contributed by atoms with van der Waals surface area (Å²) in [6.07, 6.45) is 0.938. The van der Waals surface area contributed by atoms with E-state index in [4.69, 9.17) is 10.3 Å². The number of rotatable bonds is 3. The molecule has 102 valence electrons. The molecule has 1 aromatic carbocycles. The van der Waals surface area contributed by atoms with Crippen LogP contribution in [0.1, 0.15) is 18.0 Å². The lowest BCUT2D eigenvalue weighted by Crippen LogP contribution is -2.16. The van der Waals surface area contributed by atoms with E-state index in [1.807, 2.05) is 30.3 Å². The fourth-order valence-corrected chi connectivity index (χ4v) is 1.08. The van der Waals surface area contributed by atoms with Crippen LogP contribution in [0, 0.1) is 0 Å². The maximum Gasteiger partial charge on any atom is 0.307 e. The lowest BCUT2D eigenvalue weighted by atomic mass is 10.1. The zero-order chi connectivity index (χ0) is 14.2. The van der Waals surface area contributed by atoms with Crippen LogP contribution in [-0.2, 0) is 19.6 Å². The first-order valence-corrected chi connectivity index (χ1v) is 6.88. The van der Waals surface area contributed by atoms with E-state index >= 15 is 0 Å². The van der Waals surface area contributed by atoms with Crippen LogP contribution in [0.25, 0.3) is 0 Å². The van der Waals surface area contributed by atoms with Gasteiger partial charge in [-0.1, -0.05) is 30.3 Å². The minimum atomic E-state index is -3.67. The van der Waals surface area contributed by atoms with Gasteiger partial charge in [0.15, 0.2) is 0 Å². The van der Waals surface area contributed by atoms with Gasteiger partial charge in [0, 0.05) is 6.04 Å². The van der Waals surface area contributed by atoms with Gasteiger partial charge in [-0.15, -0.1) is 0 Å². The zero-order valence-electron chi connectivity index (χ0n) is 10.2. The highest BCUT2D eigenvalue weighted by Gasteiger charge is 2.10. The SMILES string of the molecule is COC(=O)C[C@@H](N)c1ccccc1.CS(=O)(=O)O. The molecule has 18 heavy (non-hydrogen) atoms. The number of ether oxygens (including phenoxy) is 1. The summed E-state index contributed by atoms with van der Waals surface area (Å²) in [6, 6.07) is 9.22. The zero-order valence-corrected chi connectivity index (χ0v) is 11.1. The number of hydrogen-bond acceptors (Lipinski definition) is 5. The second kappa shape index (κ2) is 7.80. The highest BCUT2D eigenvalue weighted by Crippen LogP contribution is 2.13. The molecule has 0 spiro atoms. The smallest absolute Gasteiger partial charge is 0.307 e. The van der Waals surface area contributed by atoms with Gasteiger partial charge in [-0.3, -0.25) is 9.35 Å². The lowest BCUT2D eigenvalue weighted by Gasteiger charge is -2.09. The van der Waals surface area contributed by atoms with E-state index in [1.165, 1.54) is 7.11 Å². The monoisotopic (exact) mass is 275 g/mol. The van der Waals surface area contributed by atoms with Crippen molar-refractivity contribution in [1.82, 2.24) is 0 Å². The Balaban J connectivity index is 0.000000494. The van der Waals surface area contributed by atoms with Crippen molar-refractivity contribution in [2.45, 2.75) is 12.5 Å². The standard InChI is InChI=1S/C10H13NO2.CH4O3S/c1-13-10(12)7-9(11)8-5-3-2-4-6-8;1-5(2,3)4/h2-6,9H,7,11H2,1H3;1H3,(H,2,3,4)/t9-;/m1./s1. The topological polar surface area (TPSA) is 107 Å². The number of nitrogens with two attached hydrogens (primary N) is 1. The van der Waals surface area contributed by atoms with Crippen LogP contribution in [0.5, 0.6) is 0 Å². The van der Waals surface area contributed by atoms with Crippen LogP contribution in [0.3, 0.4) is 0 Å². The van der Waals surface area contributed by atoms with Crippen LogP contribution in [0.4, 0.5) is 0 Å². The number of benzene rings is 1. The van der Waals surface area contributed by atoms with Gasteiger partial charge < -0.3 is 10.5 Å². The molecule has 0 aromatic heterocycles. The number of carbonyl (C=O) groups excluding carboxylic acids is 1. The Kier molecular flexibility index (Phi) is 7.18. The summed E-state index contributed by atoms with van der Waals surface area (Å²) in [4.78, 5) is 10.9. The first-order valence-electron chi connectivity index (χ1n) is 5.04. The Morgan fingerprint density at radius 1 is 1.39 bits per heavy atom. The Labute approximate surface area is 107 Å². The van der Waals surface area contributed by atoms with Gasteiger partial charge in [0.05, 0.1) is 19.8 Å². The summed E-state index contributed by atoms with van der Waals surface area (Å²) >= 11 is 0. The van der Waals surface area contributed by atoms with Gasteiger partial charge in [0.1, 0.15) is 0 Å². The van der Waals surface area contributed by atoms with Crippen LogP contribution in [-0.4, -0.2) is 32.3 Å². The van der Waals surface area contributed by atoms with Gasteiger partial charge in [0.2, 0.25) is 0 Å². The van der Waals surface area contributed by atoms with Crippen molar-refractivity contribution in [3.05, 3.63) is 35.9 Å². The largest absolute Gasteiger partial charge is 0.469 e. The number of methoxy groups -OCH3 is 1. The molecule has 0 unspecified atom stereocenters. The van der Waals surface area contributed by atoms with Crippen molar-refractivity contribution >= 4 is 16.1 Å². The van der Waals surface area contributed by atoms with Crippen molar-refractivity contribution < 1.29 is 22.5 Å². The Bertz CT molecular complexity index is 450. The third kappa shape index (κ3) is 9.76. The van der Waals surface area contributed by atoms with Gasteiger partial charge in [-0.2, -0.15) is 8.42 Å². The Hall–Kier alpha value is -1.44. The average Bonchev–Trinajstić information content (AvgIpc) is 2.27. The highest BCUT2D eigenvalue weighted by molar-refractivity contribution is 7.85. The lowest BCUT2D eigenvalue weighted by molar-refractivity contribution is -0.141. The van der Waals surface area contributed by atoms with Crippen molar-refractivity contribution in [2.75, 3.05) is 13.4 Å². The maximum absolute atomic E-state index is 10.9. The minimum absolute atomic E-state index is 0.223.